The van der Waals surface area contributed by atoms with Crippen molar-refractivity contribution in [3.05, 3.63) is 107 Å². The maximum Gasteiger partial charge on any atom is 0.338 e. The van der Waals surface area contributed by atoms with E-state index >= 15 is 0 Å². The average Bonchev–Trinajstić information content (AvgIpc) is 3.52. The molecule has 1 aliphatic heterocycles. The molecular formula is C31H27ClN2O7S. The standard InChI is InChI=1S/C31H27ClN2O7S/c1-5-39-30(38)26-17(4)33-31-34(27(26)18-6-9-20(10-7-18)40-16(2)3)28(35)25(42-31)15-21-11-13-24(41-21)19-8-12-23(32)22(14-19)29(36)37/h6-16,27H,5H2,1-4H3,(H,36,37)/b25-15-/t27-/m1/s1. The van der Waals surface area contributed by atoms with Gasteiger partial charge in [-0.25, -0.2) is 14.6 Å². The van der Waals surface area contributed by atoms with Crippen molar-refractivity contribution in [3.63, 3.8) is 0 Å². The van der Waals surface area contributed by atoms with E-state index in [0.717, 1.165) is 0 Å². The minimum absolute atomic E-state index is 0.00761. The first-order valence-corrected chi connectivity index (χ1v) is 14.4. The third kappa shape index (κ3) is 5.68. The number of aromatic nitrogens is 1. The van der Waals surface area contributed by atoms with Gasteiger partial charge in [0.2, 0.25) is 0 Å². The number of carboxylic acids is 1. The lowest BCUT2D eigenvalue weighted by atomic mass is 9.96. The minimum atomic E-state index is -1.15. The number of carboxylic acid groups (broad SMARTS) is 1. The van der Waals surface area contributed by atoms with Crippen molar-refractivity contribution < 1.29 is 28.6 Å². The Kier molecular flexibility index (Phi) is 8.20. The molecule has 2 aromatic carbocycles. The number of hydrogen-bond donors (Lipinski definition) is 1. The fraction of sp³-hybridized carbons (Fsp3) is 0.226. The van der Waals surface area contributed by atoms with Crippen LogP contribution >= 0.6 is 22.9 Å². The maximum absolute atomic E-state index is 13.8. The molecule has 5 rings (SSSR count). The summed E-state index contributed by atoms with van der Waals surface area (Å²) < 4.78 is 18.9. The second kappa shape index (κ2) is 11.8. The average molecular weight is 607 g/mol. The van der Waals surface area contributed by atoms with E-state index in [2.05, 4.69) is 4.99 Å². The summed E-state index contributed by atoms with van der Waals surface area (Å²) in [6.45, 7) is 7.49. The number of hydrogen-bond acceptors (Lipinski definition) is 8. The molecule has 0 unspecified atom stereocenters. The number of carbonyl (C=O) groups excluding carboxylic acids is 1. The number of thiazole rings is 1. The Hall–Kier alpha value is -4.41. The molecule has 0 fully saturated rings. The first kappa shape index (κ1) is 29.1. The SMILES string of the molecule is CCOC(=O)C1=C(C)N=c2s/c(=C\c3ccc(-c4ccc(Cl)c(C(=O)O)c4)o3)c(=O)n2[C@@H]1c1ccc(OC(C)C)cc1. The number of nitrogens with zero attached hydrogens (tertiary/aromatic N) is 2. The monoisotopic (exact) mass is 606 g/mol. The zero-order valence-corrected chi connectivity index (χ0v) is 24.8. The molecule has 4 aromatic rings. The first-order valence-electron chi connectivity index (χ1n) is 13.2. The zero-order valence-electron chi connectivity index (χ0n) is 23.2. The summed E-state index contributed by atoms with van der Waals surface area (Å²) in [5.41, 5.74) is 1.58. The van der Waals surface area contributed by atoms with E-state index in [4.69, 9.17) is 25.5 Å². The van der Waals surface area contributed by atoms with Crippen molar-refractivity contribution in [2.24, 2.45) is 4.99 Å². The molecule has 42 heavy (non-hydrogen) atoms. The van der Waals surface area contributed by atoms with Crippen LogP contribution in [0.25, 0.3) is 17.4 Å². The fourth-order valence-electron chi connectivity index (χ4n) is 4.66. The maximum atomic E-state index is 13.8. The highest BCUT2D eigenvalue weighted by Gasteiger charge is 2.33. The van der Waals surface area contributed by atoms with E-state index in [1.807, 2.05) is 26.0 Å². The quantitative estimate of drug-likeness (QED) is 0.274. The smallest absolute Gasteiger partial charge is 0.338 e. The number of carbonyl (C=O) groups is 2. The lowest BCUT2D eigenvalue weighted by Crippen LogP contribution is -2.39. The van der Waals surface area contributed by atoms with E-state index in [1.54, 1.807) is 50.3 Å². The minimum Gasteiger partial charge on any atom is -0.491 e. The fourth-order valence-corrected chi connectivity index (χ4v) is 5.89. The van der Waals surface area contributed by atoms with Crippen LogP contribution in [0.3, 0.4) is 0 Å². The highest BCUT2D eigenvalue weighted by Crippen LogP contribution is 2.32. The van der Waals surface area contributed by atoms with Crippen LogP contribution in [0.5, 0.6) is 5.75 Å². The first-order chi connectivity index (χ1) is 20.1. The number of esters is 1. The summed E-state index contributed by atoms with van der Waals surface area (Å²) >= 11 is 7.17. The Bertz CT molecular complexity index is 1900. The topological polar surface area (TPSA) is 120 Å². The van der Waals surface area contributed by atoms with Crippen LogP contribution < -0.4 is 19.6 Å². The van der Waals surface area contributed by atoms with Gasteiger partial charge >= 0.3 is 11.9 Å². The summed E-state index contributed by atoms with van der Waals surface area (Å²) in [5.74, 6) is -0.224. The van der Waals surface area contributed by atoms with E-state index < -0.39 is 18.0 Å². The Morgan fingerprint density at radius 1 is 1.17 bits per heavy atom. The van der Waals surface area contributed by atoms with Crippen LogP contribution in [-0.4, -0.2) is 34.3 Å². The second-order valence-electron chi connectivity index (χ2n) is 9.74. The van der Waals surface area contributed by atoms with Gasteiger partial charge in [-0.1, -0.05) is 35.1 Å². The number of aromatic carboxylic acids is 1. The molecule has 0 radical (unpaired) electrons. The number of benzene rings is 2. The van der Waals surface area contributed by atoms with Crippen LogP contribution in [0, 0.1) is 0 Å². The van der Waals surface area contributed by atoms with Gasteiger partial charge in [-0.3, -0.25) is 9.36 Å². The Labute approximate surface area is 249 Å². The molecule has 1 aliphatic rings. The number of ether oxygens (including phenoxy) is 2. The van der Waals surface area contributed by atoms with Crippen LogP contribution in [0.15, 0.2) is 80.1 Å². The lowest BCUT2D eigenvalue weighted by molar-refractivity contribution is -0.139. The van der Waals surface area contributed by atoms with Crippen molar-refractivity contribution in [2.45, 2.75) is 39.8 Å². The number of allylic oxidation sites excluding steroid dienone is 1. The molecule has 0 aliphatic carbocycles. The molecule has 9 nitrogen and oxygen atoms in total. The summed E-state index contributed by atoms with van der Waals surface area (Å²) in [6.07, 6.45) is 1.59. The van der Waals surface area contributed by atoms with Crippen LogP contribution in [0.4, 0.5) is 0 Å². The Morgan fingerprint density at radius 3 is 2.57 bits per heavy atom. The molecule has 0 saturated carbocycles. The van der Waals surface area contributed by atoms with E-state index in [1.165, 1.54) is 28.0 Å². The van der Waals surface area contributed by atoms with Gasteiger partial charge in [0.25, 0.3) is 5.56 Å². The highest BCUT2D eigenvalue weighted by molar-refractivity contribution is 7.07. The van der Waals surface area contributed by atoms with Crippen molar-refractivity contribution in [2.75, 3.05) is 6.61 Å². The van der Waals surface area contributed by atoms with Crippen LogP contribution in [-0.2, 0) is 9.53 Å². The third-order valence-corrected chi connectivity index (χ3v) is 7.78. The van der Waals surface area contributed by atoms with Gasteiger partial charge in [-0.05, 0) is 75.7 Å². The van der Waals surface area contributed by atoms with Gasteiger partial charge in [0.15, 0.2) is 4.80 Å². The molecule has 3 heterocycles. The molecule has 2 aromatic heterocycles. The molecule has 0 saturated heterocycles. The summed E-state index contributed by atoms with van der Waals surface area (Å²) in [7, 11) is 0. The number of rotatable bonds is 8. The predicted molar refractivity (Wildman–Crippen MR) is 159 cm³/mol. The normalized spacial score (nSPS) is 15.0. The third-order valence-electron chi connectivity index (χ3n) is 6.47. The van der Waals surface area contributed by atoms with E-state index in [-0.39, 0.29) is 34.4 Å². The van der Waals surface area contributed by atoms with Crippen molar-refractivity contribution in [3.8, 4) is 17.1 Å². The van der Waals surface area contributed by atoms with Crippen molar-refractivity contribution in [1.29, 1.82) is 0 Å². The van der Waals surface area contributed by atoms with E-state index in [9.17, 15) is 19.5 Å². The van der Waals surface area contributed by atoms with Crippen molar-refractivity contribution in [1.82, 2.24) is 4.57 Å². The molecular weight excluding hydrogens is 580 g/mol. The molecule has 0 amide bonds. The van der Waals surface area contributed by atoms with Gasteiger partial charge < -0.3 is 19.0 Å². The Balaban J connectivity index is 1.59. The second-order valence-corrected chi connectivity index (χ2v) is 11.2. The van der Waals surface area contributed by atoms with Gasteiger partial charge in [0, 0.05) is 11.6 Å². The largest absolute Gasteiger partial charge is 0.491 e. The number of fused-ring (bicyclic) bond motifs is 1. The molecule has 0 bridgehead atoms. The predicted octanol–water partition coefficient (Wildman–Crippen LogP) is 5.20. The molecule has 216 valence electrons. The summed E-state index contributed by atoms with van der Waals surface area (Å²) in [6, 6.07) is 14.5. The van der Waals surface area contributed by atoms with Gasteiger partial charge in [-0.15, -0.1) is 0 Å². The summed E-state index contributed by atoms with van der Waals surface area (Å²) in [5, 5.41) is 9.52. The number of halogens is 1. The molecule has 11 heteroatoms. The van der Waals surface area contributed by atoms with Gasteiger partial charge in [0.1, 0.15) is 17.3 Å². The van der Waals surface area contributed by atoms with Crippen LogP contribution in [0.1, 0.15) is 55.4 Å². The molecule has 1 atom stereocenters. The molecule has 0 spiro atoms. The van der Waals surface area contributed by atoms with E-state index in [0.29, 0.717) is 43.4 Å². The van der Waals surface area contributed by atoms with Crippen LogP contribution in [0.2, 0.25) is 5.02 Å². The van der Waals surface area contributed by atoms with Gasteiger partial charge in [-0.2, -0.15) is 0 Å². The van der Waals surface area contributed by atoms with Gasteiger partial charge in [0.05, 0.1) is 45.1 Å². The zero-order chi connectivity index (χ0) is 30.1. The molecule has 1 N–H and O–H groups in total. The summed E-state index contributed by atoms with van der Waals surface area (Å²) in [4.78, 5) is 43.5. The Morgan fingerprint density at radius 2 is 1.90 bits per heavy atom. The highest BCUT2D eigenvalue weighted by atomic mass is 35.5. The number of furan rings is 1. The van der Waals surface area contributed by atoms with Crippen molar-refractivity contribution >= 4 is 41.0 Å². The lowest BCUT2D eigenvalue weighted by Gasteiger charge is -2.25.